The second-order valence-corrected chi connectivity index (χ2v) is 6.52. The summed E-state index contributed by atoms with van der Waals surface area (Å²) in [5.74, 6) is 0.576. The van der Waals surface area contributed by atoms with Crippen LogP contribution in [-0.4, -0.2) is 28.5 Å². The molecule has 1 amide bonds. The Bertz CT molecular complexity index is 441. The van der Waals surface area contributed by atoms with E-state index in [1.165, 1.54) is 0 Å². The number of carbonyl (C=O) groups is 1. The molecule has 1 fully saturated rings. The summed E-state index contributed by atoms with van der Waals surface area (Å²) in [7, 11) is 0. The number of nitrogens with zero attached hydrogens (tertiary/aromatic N) is 1. The summed E-state index contributed by atoms with van der Waals surface area (Å²) in [5, 5.41) is 3.05. The van der Waals surface area contributed by atoms with Crippen LogP contribution in [-0.2, 0) is 11.2 Å². The molecule has 5 nitrogen and oxygen atoms in total. The molecular formula is C15H26N4O. The molecule has 0 spiro atoms. The van der Waals surface area contributed by atoms with Gasteiger partial charge in [0.2, 0.25) is 5.91 Å². The second kappa shape index (κ2) is 5.95. The fourth-order valence-electron chi connectivity index (χ4n) is 3.18. The molecule has 0 saturated heterocycles. The van der Waals surface area contributed by atoms with Crippen molar-refractivity contribution in [3.05, 3.63) is 18.2 Å². The fourth-order valence-corrected chi connectivity index (χ4v) is 3.18. The largest absolute Gasteiger partial charge is 0.355 e. The summed E-state index contributed by atoms with van der Waals surface area (Å²) < 4.78 is 0. The zero-order valence-corrected chi connectivity index (χ0v) is 12.6. The number of carbonyl (C=O) groups excluding carboxylic acids is 1. The maximum absolute atomic E-state index is 12.4. The van der Waals surface area contributed by atoms with Gasteiger partial charge in [-0.25, -0.2) is 4.98 Å². The van der Waals surface area contributed by atoms with Crippen molar-refractivity contribution in [2.75, 3.05) is 6.54 Å². The van der Waals surface area contributed by atoms with Gasteiger partial charge in [0.25, 0.3) is 0 Å². The van der Waals surface area contributed by atoms with Crippen molar-refractivity contribution in [2.24, 2.45) is 23.0 Å². The van der Waals surface area contributed by atoms with Gasteiger partial charge in [-0.1, -0.05) is 20.8 Å². The van der Waals surface area contributed by atoms with Gasteiger partial charge in [0, 0.05) is 36.8 Å². The van der Waals surface area contributed by atoms with Crippen LogP contribution in [0.15, 0.2) is 12.5 Å². The number of hydrogen-bond donors (Lipinski definition) is 3. The normalized spacial score (nSPS) is 29.1. The molecule has 2 rings (SSSR count). The summed E-state index contributed by atoms with van der Waals surface area (Å²) in [5.41, 5.74) is 7.14. The van der Waals surface area contributed by atoms with Crippen molar-refractivity contribution < 1.29 is 4.79 Å². The van der Waals surface area contributed by atoms with Crippen LogP contribution in [0.25, 0.3) is 0 Å². The van der Waals surface area contributed by atoms with E-state index < -0.39 is 0 Å². The van der Waals surface area contributed by atoms with Crippen LogP contribution in [0.2, 0.25) is 0 Å². The molecule has 112 valence electrons. The highest BCUT2D eigenvalue weighted by Gasteiger charge is 2.44. The molecule has 1 aliphatic carbocycles. The van der Waals surface area contributed by atoms with Gasteiger partial charge in [-0.3, -0.25) is 4.79 Å². The molecule has 0 radical (unpaired) electrons. The Morgan fingerprint density at radius 3 is 2.95 bits per heavy atom. The van der Waals surface area contributed by atoms with Crippen LogP contribution in [0.3, 0.4) is 0 Å². The Morgan fingerprint density at radius 2 is 2.30 bits per heavy atom. The average molecular weight is 278 g/mol. The van der Waals surface area contributed by atoms with Crippen LogP contribution >= 0.6 is 0 Å². The molecule has 1 aromatic rings. The standard InChI is InChI=1S/C15H26N4O/c1-10-13(16)5-4-12(15(10,2)3)14(20)18-7-6-11-8-17-9-19-11/h8-10,12-13H,4-7,16H2,1-3H3,(H,17,19)(H,18,20). The Hall–Kier alpha value is -1.36. The minimum atomic E-state index is -0.0459. The lowest BCUT2D eigenvalue weighted by molar-refractivity contribution is -0.132. The third kappa shape index (κ3) is 3.03. The minimum Gasteiger partial charge on any atom is -0.355 e. The summed E-state index contributed by atoms with van der Waals surface area (Å²) >= 11 is 0. The number of aromatic nitrogens is 2. The molecule has 1 saturated carbocycles. The van der Waals surface area contributed by atoms with Gasteiger partial charge >= 0.3 is 0 Å². The first-order valence-corrected chi connectivity index (χ1v) is 7.43. The van der Waals surface area contributed by atoms with E-state index >= 15 is 0 Å². The van der Waals surface area contributed by atoms with Crippen LogP contribution in [0.1, 0.15) is 39.3 Å². The van der Waals surface area contributed by atoms with Gasteiger partial charge in [-0.05, 0) is 24.2 Å². The van der Waals surface area contributed by atoms with E-state index in [2.05, 4.69) is 36.1 Å². The van der Waals surface area contributed by atoms with E-state index in [9.17, 15) is 4.79 Å². The van der Waals surface area contributed by atoms with Gasteiger partial charge in [-0.2, -0.15) is 0 Å². The predicted octanol–water partition coefficient (Wildman–Crippen LogP) is 1.47. The van der Waals surface area contributed by atoms with Crippen LogP contribution < -0.4 is 11.1 Å². The first-order valence-electron chi connectivity index (χ1n) is 7.43. The zero-order chi connectivity index (χ0) is 14.8. The molecule has 0 aromatic carbocycles. The Labute approximate surface area is 120 Å². The average Bonchev–Trinajstić information content (AvgIpc) is 2.89. The SMILES string of the molecule is CC1C(N)CCC(C(=O)NCCc2cnc[nH]2)C1(C)C. The number of nitrogens with two attached hydrogens (primary N) is 1. The van der Waals surface area contributed by atoms with Crippen molar-refractivity contribution in [3.63, 3.8) is 0 Å². The Kier molecular flexibility index (Phi) is 4.48. The third-order valence-electron chi connectivity index (χ3n) is 5.07. The number of aromatic amines is 1. The van der Waals surface area contributed by atoms with Gasteiger partial charge in [0.1, 0.15) is 0 Å². The quantitative estimate of drug-likeness (QED) is 0.780. The maximum Gasteiger partial charge on any atom is 0.223 e. The molecule has 0 aliphatic heterocycles. The van der Waals surface area contributed by atoms with Crippen molar-refractivity contribution in [1.29, 1.82) is 0 Å². The molecule has 20 heavy (non-hydrogen) atoms. The Morgan fingerprint density at radius 1 is 1.55 bits per heavy atom. The number of imidazole rings is 1. The van der Waals surface area contributed by atoms with Gasteiger partial charge < -0.3 is 16.0 Å². The topological polar surface area (TPSA) is 83.8 Å². The molecule has 1 heterocycles. The highest BCUT2D eigenvalue weighted by molar-refractivity contribution is 5.79. The number of amides is 1. The Balaban J connectivity index is 1.88. The van der Waals surface area contributed by atoms with E-state index in [0.717, 1.165) is 25.0 Å². The first kappa shape index (κ1) is 15.0. The molecular weight excluding hydrogens is 252 g/mol. The molecule has 1 aliphatic rings. The van der Waals surface area contributed by atoms with E-state index in [4.69, 9.17) is 5.73 Å². The third-order valence-corrected chi connectivity index (χ3v) is 5.07. The van der Waals surface area contributed by atoms with Gasteiger partial charge in [0.05, 0.1) is 6.33 Å². The summed E-state index contributed by atoms with van der Waals surface area (Å²) in [4.78, 5) is 19.4. The van der Waals surface area contributed by atoms with E-state index in [1.54, 1.807) is 12.5 Å². The molecule has 4 N–H and O–H groups in total. The van der Waals surface area contributed by atoms with E-state index in [-0.39, 0.29) is 23.3 Å². The van der Waals surface area contributed by atoms with Gasteiger partial charge in [-0.15, -0.1) is 0 Å². The van der Waals surface area contributed by atoms with E-state index in [1.807, 2.05) is 0 Å². The highest BCUT2D eigenvalue weighted by Crippen LogP contribution is 2.44. The van der Waals surface area contributed by atoms with Crippen LogP contribution in [0.4, 0.5) is 0 Å². The molecule has 1 aromatic heterocycles. The fraction of sp³-hybridized carbons (Fsp3) is 0.733. The lowest BCUT2D eigenvalue weighted by atomic mass is 9.61. The van der Waals surface area contributed by atoms with Crippen LogP contribution in [0.5, 0.6) is 0 Å². The lowest BCUT2D eigenvalue weighted by Crippen LogP contribution is -2.51. The summed E-state index contributed by atoms with van der Waals surface area (Å²) in [6, 6.07) is 0.207. The van der Waals surface area contributed by atoms with Crippen molar-refractivity contribution >= 4 is 5.91 Å². The van der Waals surface area contributed by atoms with Crippen molar-refractivity contribution in [1.82, 2.24) is 15.3 Å². The van der Waals surface area contributed by atoms with Crippen molar-refractivity contribution in [2.45, 2.75) is 46.1 Å². The summed E-state index contributed by atoms with van der Waals surface area (Å²) in [6.07, 6.45) is 6.05. The molecule has 0 bridgehead atoms. The number of H-pyrrole nitrogens is 1. The molecule has 3 unspecified atom stereocenters. The second-order valence-electron chi connectivity index (χ2n) is 6.52. The predicted molar refractivity (Wildman–Crippen MR) is 78.9 cm³/mol. The molecule has 5 heteroatoms. The smallest absolute Gasteiger partial charge is 0.223 e. The minimum absolute atomic E-state index is 0.0459. The van der Waals surface area contributed by atoms with Gasteiger partial charge in [0.15, 0.2) is 0 Å². The maximum atomic E-state index is 12.4. The van der Waals surface area contributed by atoms with Crippen molar-refractivity contribution in [3.8, 4) is 0 Å². The number of hydrogen-bond acceptors (Lipinski definition) is 3. The zero-order valence-electron chi connectivity index (χ0n) is 12.6. The number of nitrogens with one attached hydrogen (secondary N) is 2. The number of rotatable bonds is 4. The van der Waals surface area contributed by atoms with Crippen LogP contribution in [0, 0.1) is 17.3 Å². The first-order chi connectivity index (χ1) is 9.43. The highest BCUT2D eigenvalue weighted by atomic mass is 16.1. The molecule has 3 atom stereocenters. The van der Waals surface area contributed by atoms with E-state index in [0.29, 0.717) is 12.5 Å². The monoisotopic (exact) mass is 278 g/mol. The lowest BCUT2D eigenvalue weighted by Gasteiger charge is -2.46. The summed E-state index contributed by atoms with van der Waals surface area (Å²) in [6.45, 7) is 7.13.